The van der Waals surface area contributed by atoms with Crippen molar-refractivity contribution in [3.63, 3.8) is 0 Å². The third kappa shape index (κ3) is 5.59. The molecule has 0 aliphatic heterocycles. The standard InChI is InChI=1S/C24H29N3O3/c1-16-22(3-2-14-25-16)30-21-12-10-19(11-13-21)26-23(28)15-17-4-8-20(9-5-17)27-24(29)18-6-7-18/h2-5,8-9,14,18-19,21H,6-7,10-13,15H2,1H3,(H,26,28)(H,27,29). The average molecular weight is 408 g/mol. The largest absolute Gasteiger partial charge is 0.489 e. The van der Waals surface area contributed by atoms with Gasteiger partial charge in [-0.2, -0.15) is 0 Å². The number of hydrogen-bond acceptors (Lipinski definition) is 4. The number of nitrogens with zero attached hydrogens (tertiary/aromatic N) is 1. The Morgan fingerprint density at radius 2 is 1.77 bits per heavy atom. The van der Waals surface area contributed by atoms with Crippen LogP contribution in [0.3, 0.4) is 0 Å². The van der Waals surface area contributed by atoms with E-state index < -0.39 is 0 Å². The molecule has 0 saturated heterocycles. The van der Waals surface area contributed by atoms with Gasteiger partial charge in [-0.05, 0) is 75.3 Å². The van der Waals surface area contributed by atoms with Crippen molar-refractivity contribution in [2.75, 3.05) is 5.32 Å². The van der Waals surface area contributed by atoms with Crippen LogP contribution in [0.2, 0.25) is 0 Å². The third-order valence-electron chi connectivity index (χ3n) is 5.83. The monoisotopic (exact) mass is 407 g/mol. The molecule has 0 atom stereocenters. The minimum atomic E-state index is 0.0391. The number of rotatable bonds is 7. The summed E-state index contributed by atoms with van der Waals surface area (Å²) < 4.78 is 6.09. The van der Waals surface area contributed by atoms with Crippen molar-refractivity contribution in [2.24, 2.45) is 5.92 Å². The molecule has 1 aromatic heterocycles. The van der Waals surface area contributed by atoms with E-state index in [1.165, 1.54) is 0 Å². The first-order valence-corrected chi connectivity index (χ1v) is 10.8. The van der Waals surface area contributed by atoms with Gasteiger partial charge in [0.1, 0.15) is 5.75 Å². The Labute approximate surface area is 177 Å². The molecule has 6 nitrogen and oxygen atoms in total. The van der Waals surface area contributed by atoms with Gasteiger partial charge in [-0.3, -0.25) is 14.6 Å². The van der Waals surface area contributed by atoms with Crippen LogP contribution >= 0.6 is 0 Å². The van der Waals surface area contributed by atoms with Gasteiger partial charge >= 0.3 is 0 Å². The lowest BCUT2D eigenvalue weighted by Gasteiger charge is -2.29. The van der Waals surface area contributed by atoms with Crippen LogP contribution in [0.1, 0.15) is 49.8 Å². The minimum Gasteiger partial charge on any atom is -0.489 e. The topological polar surface area (TPSA) is 80.3 Å². The van der Waals surface area contributed by atoms with Gasteiger partial charge in [0.05, 0.1) is 18.2 Å². The maximum Gasteiger partial charge on any atom is 0.227 e. The fraction of sp³-hybridized carbons (Fsp3) is 0.458. The van der Waals surface area contributed by atoms with Crippen LogP contribution in [-0.2, 0) is 16.0 Å². The van der Waals surface area contributed by atoms with E-state index in [0.717, 1.165) is 61.2 Å². The highest BCUT2D eigenvalue weighted by Crippen LogP contribution is 2.30. The van der Waals surface area contributed by atoms with Gasteiger partial charge in [0.15, 0.2) is 0 Å². The smallest absolute Gasteiger partial charge is 0.227 e. The number of benzene rings is 1. The van der Waals surface area contributed by atoms with E-state index in [9.17, 15) is 9.59 Å². The number of carbonyl (C=O) groups excluding carboxylic acids is 2. The molecule has 1 aromatic carbocycles. The molecular weight excluding hydrogens is 378 g/mol. The molecule has 2 aromatic rings. The Kier molecular flexibility index (Phi) is 6.31. The van der Waals surface area contributed by atoms with Gasteiger partial charge in [0, 0.05) is 23.8 Å². The van der Waals surface area contributed by atoms with Crippen molar-refractivity contribution < 1.29 is 14.3 Å². The van der Waals surface area contributed by atoms with Crippen molar-refractivity contribution in [1.82, 2.24) is 10.3 Å². The zero-order valence-corrected chi connectivity index (χ0v) is 17.4. The Hall–Kier alpha value is -2.89. The number of nitrogens with one attached hydrogen (secondary N) is 2. The Bertz CT molecular complexity index is 885. The molecule has 2 fully saturated rings. The summed E-state index contributed by atoms with van der Waals surface area (Å²) in [6.45, 7) is 1.95. The molecule has 30 heavy (non-hydrogen) atoms. The Balaban J connectivity index is 1.19. The van der Waals surface area contributed by atoms with Gasteiger partial charge in [-0.1, -0.05) is 12.1 Å². The van der Waals surface area contributed by atoms with Crippen molar-refractivity contribution >= 4 is 17.5 Å². The SMILES string of the molecule is Cc1ncccc1OC1CCC(NC(=O)Cc2ccc(NC(=O)C3CC3)cc2)CC1. The second-order valence-electron chi connectivity index (χ2n) is 8.38. The molecule has 1 heterocycles. The van der Waals surface area contributed by atoms with E-state index in [4.69, 9.17) is 4.74 Å². The van der Waals surface area contributed by atoms with E-state index >= 15 is 0 Å². The van der Waals surface area contributed by atoms with Crippen LogP contribution in [-0.4, -0.2) is 28.9 Å². The molecule has 2 amide bonds. The predicted molar refractivity (Wildman–Crippen MR) is 115 cm³/mol. The molecule has 2 aliphatic carbocycles. The summed E-state index contributed by atoms with van der Waals surface area (Å²) in [6.07, 6.45) is 7.96. The number of amides is 2. The number of aromatic nitrogens is 1. The second kappa shape index (κ2) is 9.28. The maximum atomic E-state index is 12.4. The summed E-state index contributed by atoms with van der Waals surface area (Å²) >= 11 is 0. The summed E-state index contributed by atoms with van der Waals surface area (Å²) in [5, 5.41) is 6.08. The molecule has 2 saturated carbocycles. The summed E-state index contributed by atoms with van der Waals surface area (Å²) in [7, 11) is 0. The van der Waals surface area contributed by atoms with Crippen molar-refractivity contribution in [1.29, 1.82) is 0 Å². The van der Waals surface area contributed by atoms with Gasteiger partial charge in [-0.15, -0.1) is 0 Å². The molecule has 158 valence electrons. The quantitative estimate of drug-likeness (QED) is 0.732. The summed E-state index contributed by atoms with van der Waals surface area (Å²) in [4.78, 5) is 28.5. The van der Waals surface area contributed by atoms with E-state index in [1.807, 2.05) is 43.3 Å². The molecule has 2 N–H and O–H groups in total. The molecule has 4 rings (SSSR count). The zero-order chi connectivity index (χ0) is 20.9. The summed E-state index contributed by atoms with van der Waals surface area (Å²) in [6, 6.07) is 11.6. The average Bonchev–Trinajstić information content (AvgIpc) is 3.58. The van der Waals surface area contributed by atoms with Gasteiger partial charge in [-0.25, -0.2) is 0 Å². The molecule has 0 unspecified atom stereocenters. The maximum absolute atomic E-state index is 12.4. The van der Waals surface area contributed by atoms with E-state index in [-0.39, 0.29) is 29.9 Å². The zero-order valence-electron chi connectivity index (χ0n) is 17.4. The van der Waals surface area contributed by atoms with Crippen LogP contribution in [0.25, 0.3) is 0 Å². The number of carbonyl (C=O) groups is 2. The Morgan fingerprint density at radius 3 is 2.43 bits per heavy atom. The highest BCUT2D eigenvalue weighted by Gasteiger charge is 2.29. The van der Waals surface area contributed by atoms with Crippen LogP contribution in [0, 0.1) is 12.8 Å². The van der Waals surface area contributed by atoms with Gasteiger partial charge < -0.3 is 15.4 Å². The summed E-state index contributed by atoms with van der Waals surface area (Å²) in [5.74, 6) is 1.17. The van der Waals surface area contributed by atoms with Crippen LogP contribution in [0.4, 0.5) is 5.69 Å². The van der Waals surface area contributed by atoms with Crippen LogP contribution in [0.5, 0.6) is 5.75 Å². The van der Waals surface area contributed by atoms with Gasteiger partial charge in [0.2, 0.25) is 11.8 Å². The summed E-state index contributed by atoms with van der Waals surface area (Å²) in [5.41, 5.74) is 2.64. The van der Waals surface area contributed by atoms with Crippen LogP contribution < -0.4 is 15.4 Å². The number of aryl methyl sites for hydroxylation is 1. The molecular formula is C24H29N3O3. The first-order valence-electron chi connectivity index (χ1n) is 10.8. The van der Waals surface area contributed by atoms with E-state index in [0.29, 0.717) is 6.42 Å². The van der Waals surface area contributed by atoms with E-state index in [1.54, 1.807) is 6.20 Å². The lowest BCUT2D eigenvalue weighted by atomic mass is 9.92. The second-order valence-corrected chi connectivity index (χ2v) is 8.38. The molecule has 2 aliphatic rings. The van der Waals surface area contributed by atoms with Crippen molar-refractivity contribution in [3.05, 3.63) is 53.9 Å². The number of pyridine rings is 1. The minimum absolute atomic E-state index is 0.0391. The lowest BCUT2D eigenvalue weighted by molar-refractivity contribution is -0.121. The number of ether oxygens (including phenoxy) is 1. The lowest BCUT2D eigenvalue weighted by Crippen LogP contribution is -2.40. The third-order valence-corrected chi connectivity index (χ3v) is 5.83. The van der Waals surface area contributed by atoms with Crippen LogP contribution in [0.15, 0.2) is 42.6 Å². The van der Waals surface area contributed by atoms with Crippen molar-refractivity contribution in [3.8, 4) is 5.75 Å². The molecule has 0 radical (unpaired) electrons. The van der Waals surface area contributed by atoms with Gasteiger partial charge in [0.25, 0.3) is 0 Å². The first kappa shape index (κ1) is 20.4. The highest BCUT2D eigenvalue weighted by molar-refractivity contribution is 5.94. The molecule has 6 heteroatoms. The fourth-order valence-corrected chi connectivity index (χ4v) is 3.86. The van der Waals surface area contributed by atoms with Crippen molar-refractivity contribution in [2.45, 2.75) is 64.0 Å². The number of hydrogen-bond donors (Lipinski definition) is 2. The fourth-order valence-electron chi connectivity index (χ4n) is 3.86. The van der Waals surface area contributed by atoms with E-state index in [2.05, 4.69) is 15.6 Å². The molecule has 0 spiro atoms. The number of anilines is 1. The molecule has 0 bridgehead atoms. The normalized spacial score (nSPS) is 21.0. The predicted octanol–water partition coefficient (Wildman–Crippen LogP) is 3.79. The Morgan fingerprint density at radius 1 is 1.03 bits per heavy atom. The highest BCUT2D eigenvalue weighted by atomic mass is 16.5. The first-order chi connectivity index (χ1) is 14.6.